The molecule has 1 aliphatic heterocycles. The number of piperidine rings is 1. The number of nitrogens with zero attached hydrogens (tertiary/aromatic N) is 3. The number of fused-ring (bicyclic) bond motifs is 1. The molecule has 52 heavy (non-hydrogen) atoms. The Bertz CT molecular complexity index is 1600. The van der Waals surface area contributed by atoms with Crippen LogP contribution in [0.2, 0.25) is 0 Å². The molecule has 0 bridgehead atoms. The molecule has 0 spiro atoms. The standard InChI is InChI=1S/C37H59N7O7S/c1-12-14-17-24(29(45)32(47)39-19-13-2)40-31(46)28-27-23(37(27,9)10)21-44(28)33(48)30(36(6,7)8)42-34(49)41-25(35(3,4)5)22-43(11)52(50,51)26-18-15-16-20-38-26/h13,15-16,18,20,23-25,27-28,30H,2,12,14,17,19,21-22H2,1,3-11H3,(H,39,47)(H,40,46)(H2,41,42,49)/t23-,24?,25+,27-,28-,30+/m0/s1. The average Bonchev–Trinajstić information content (AvgIpc) is 3.37. The molecule has 6 atom stereocenters. The van der Waals surface area contributed by atoms with Gasteiger partial charge in [-0.05, 0) is 46.6 Å². The predicted molar refractivity (Wildman–Crippen MR) is 198 cm³/mol. The Morgan fingerprint density at radius 2 is 1.71 bits per heavy atom. The number of nitrogens with one attached hydrogen (secondary N) is 4. The molecular weight excluding hydrogens is 687 g/mol. The largest absolute Gasteiger partial charge is 0.346 e. The lowest BCUT2D eigenvalue weighted by Crippen LogP contribution is -2.62. The third kappa shape index (κ3) is 9.77. The van der Waals surface area contributed by atoms with E-state index in [1.54, 1.807) is 32.9 Å². The molecule has 2 aliphatic rings. The van der Waals surface area contributed by atoms with Crippen LogP contribution in [0.4, 0.5) is 4.79 Å². The zero-order chi connectivity index (χ0) is 39.4. The van der Waals surface area contributed by atoms with Crippen LogP contribution >= 0.6 is 0 Å². The summed E-state index contributed by atoms with van der Waals surface area (Å²) in [6, 6.07) is 0.214. The van der Waals surface area contributed by atoms with Gasteiger partial charge in [-0.15, -0.1) is 6.58 Å². The van der Waals surface area contributed by atoms with Gasteiger partial charge in [0.1, 0.15) is 12.1 Å². The first-order chi connectivity index (χ1) is 24.0. The van der Waals surface area contributed by atoms with E-state index in [1.165, 1.54) is 30.3 Å². The fraction of sp³-hybridized carbons (Fsp3) is 0.676. The second kappa shape index (κ2) is 16.4. The van der Waals surface area contributed by atoms with E-state index in [0.717, 1.165) is 10.7 Å². The van der Waals surface area contributed by atoms with Crippen molar-refractivity contribution in [2.75, 3.05) is 26.7 Å². The number of carbonyl (C=O) groups is 5. The Morgan fingerprint density at radius 1 is 1.06 bits per heavy atom. The number of aromatic nitrogens is 1. The van der Waals surface area contributed by atoms with Crippen LogP contribution in [0.25, 0.3) is 0 Å². The third-order valence-corrected chi connectivity index (χ3v) is 12.1. The maximum Gasteiger partial charge on any atom is 0.315 e. The lowest BCUT2D eigenvalue weighted by molar-refractivity contribution is -0.145. The van der Waals surface area contributed by atoms with Crippen molar-refractivity contribution in [2.45, 2.75) is 111 Å². The molecule has 15 heteroatoms. The summed E-state index contributed by atoms with van der Waals surface area (Å²) in [5.41, 5.74) is -1.62. The Hall–Kier alpha value is -3.85. The van der Waals surface area contributed by atoms with Gasteiger partial charge in [0.25, 0.3) is 15.9 Å². The van der Waals surface area contributed by atoms with Crippen LogP contribution in [-0.2, 0) is 29.2 Å². The highest BCUT2D eigenvalue weighted by molar-refractivity contribution is 7.89. The van der Waals surface area contributed by atoms with Crippen molar-refractivity contribution in [3.8, 4) is 0 Å². The van der Waals surface area contributed by atoms with Crippen molar-refractivity contribution < 1.29 is 32.4 Å². The Balaban J connectivity index is 1.84. The van der Waals surface area contributed by atoms with E-state index in [2.05, 4.69) is 32.8 Å². The fourth-order valence-electron chi connectivity index (χ4n) is 6.85. The summed E-state index contributed by atoms with van der Waals surface area (Å²) in [6.07, 6.45) is 4.46. The number of rotatable bonds is 16. The molecule has 3 rings (SSSR count). The van der Waals surface area contributed by atoms with Gasteiger partial charge in [0, 0.05) is 38.9 Å². The lowest BCUT2D eigenvalue weighted by Gasteiger charge is -2.39. The smallest absolute Gasteiger partial charge is 0.315 e. The molecular formula is C37H59N7O7S. The van der Waals surface area contributed by atoms with Gasteiger partial charge in [0.15, 0.2) is 5.03 Å². The number of sulfonamides is 1. The molecule has 0 aromatic carbocycles. The van der Waals surface area contributed by atoms with Crippen LogP contribution in [0.5, 0.6) is 0 Å². The Morgan fingerprint density at radius 3 is 2.25 bits per heavy atom. The van der Waals surface area contributed by atoms with Crippen LogP contribution in [0, 0.1) is 28.1 Å². The summed E-state index contributed by atoms with van der Waals surface area (Å²) in [6.45, 7) is 20.9. The number of Topliss-reactive ketones (excluding diaryl/α,β-unsaturated/α-hetero) is 1. The van der Waals surface area contributed by atoms with Gasteiger partial charge in [-0.25, -0.2) is 18.2 Å². The number of hydrogen-bond donors (Lipinski definition) is 4. The topological polar surface area (TPSA) is 187 Å². The molecule has 5 amide bonds. The van der Waals surface area contributed by atoms with Crippen molar-refractivity contribution >= 4 is 39.6 Å². The van der Waals surface area contributed by atoms with E-state index in [9.17, 15) is 32.4 Å². The number of hydrogen-bond acceptors (Lipinski definition) is 8. The molecule has 2 fully saturated rings. The van der Waals surface area contributed by atoms with Crippen LogP contribution in [0.3, 0.4) is 0 Å². The monoisotopic (exact) mass is 745 g/mol. The highest BCUT2D eigenvalue weighted by Gasteiger charge is 2.70. The molecule has 1 aromatic rings. The van der Waals surface area contributed by atoms with E-state index in [0.29, 0.717) is 13.0 Å². The van der Waals surface area contributed by atoms with Gasteiger partial charge in [-0.1, -0.05) is 87.3 Å². The van der Waals surface area contributed by atoms with Gasteiger partial charge in [0.2, 0.25) is 17.6 Å². The first-order valence-electron chi connectivity index (χ1n) is 18.0. The molecule has 290 valence electrons. The Kier molecular flexibility index (Phi) is 13.5. The van der Waals surface area contributed by atoms with Gasteiger partial charge in [0.05, 0.1) is 6.04 Å². The summed E-state index contributed by atoms with van der Waals surface area (Å²) in [4.78, 5) is 73.4. The summed E-state index contributed by atoms with van der Waals surface area (Å²) in [5, 5.41) is 10.9. The molecule has 1 saturated heterocycles. The minimum absolute atomic E-state index is 0.0317. The summed E-state index contributed by atoms with van der Waals surface area (Å²) >= 11 is 0. The van der Waals surface area contributed by atoms with E-state index in [4.69, 9.17) is 0 Å². The highest BCUT2D eigenvalue weighted by Crippen LogP contribution is 2.65. The normalized spacial score (nSPS) is 21.3. The van der Waals surface area contributed by atoms with Gasteiger partial charge in [-0.2, -0.15) is 4.31 Å². The molecule has 4 N–H and O–H groups in total. The number of amides is 5. The molecule has 1 aromatic heterocycles. The fourth-order valence-corrected chi connectivity index (χ4v) is 7.96. The molecule has 2 heterocycles. The van der Waals surface area contributed by atoms with E-state index in [-0.39, 0.29) is 41.8 Å². The second-order valence-electron chi connectivity index (χ2n) is 16.7. The lowest BCUT2D eigenvalue weighted by atomic mass is 9.85. The minimum Gasteiger partial charge on any atom is -0.346 e. The number of likely N-dealkylation sites (N-methyl/N-ethyl adjacent to an activating group) is 1. The van der Waals surface area contributed by atoms with E-state index in [1.807, 2.05) is 41.5 Å². The van der Waals surface area contributed by atoms with Crippen molar-refractivity contribution in [3.63, 3.8) is 0 Å². The van der Waals surface area contributed by atoms with Crippen LogP contribution < -0.4 is 21.3 Å². The summed E-state index contributed by atoms with van der Waals surface area (Å²) in [5.74, 6) is -2.69. The number of ketones is 1. The van der Waals surface area contributed by atoms with Crippen LogP contribution in [-0.4, -0.2) is 103 Å². The number of urea groups is 1. The quantitative estimate of drug-likeness (QED) is 0.147. The highest BCUT2D eigenvalue weighted by atomic mass is 32.2. The van der Waals surface area contributed by atoms with Crippen LogP contribution in [0.15, 0.2) is 42.1 Å². The van der Waals surface area contributed by atoms with Crippen molar-refractivity contribution in [3.05, 3.63) is 37.1 Å². The second-order valence-corrected chi connectivity index (χ2v) is 18.7. The van der Waals surface area contributed by atoms with Gasteiger partial charge < -0.3 is 26.2 Å². The summed E-state index contributed by atoms with van der Waals surface area (Å²) in [7, 11) is -2.53. The van der Waals surface area contributed by atoms with Crippen molar-refractivity contribution in [1.29, 1.82) is 0 Å². The van der Waals surface area contributed by atoms with E-state index < -0.39 is 74.6 Å². The predicted octanol–water partition coefficient (Wildman–Crippen LogP) is 2.86. The first kappa shape index (κ1) is 42.6. The number of likely N-dealkylation sites (tertiary alicyclic amines) is 1. The van der Waals surface area contributed by atoms with E-state index >= 15 is 0 Å². The molecule has 1 aliphatic carbocycles. The minimum atomic E-state index is -3.95. The SMILES string of the molecule is C=CCNC(=O)C(=O)C(CCCC)NC(=O)[C@@H]1[C@@H]2[C@H](CN1C(=O)[C@@H](NC(=O)N[C@H](CN(C)S(=O)(=O)c1ccccn1)C(C)(C)C)C(C)(C)C)C2(C)C. The number of unbranched alkanes of at least 4 members (excludes halogenated alkanes) is 1. The maximum atomic E-state index is 14.5. The third-order valence-electron chi connectivity index (χ3n) is 10.4. The average molecular weight is 746 g/mol. The molecule has 0 radical (unpaired) electrons. The molecule has 1 saturated carbocycles. The summed E-state index contributed by atoms with van der Waals surface area (Å²) < 4.78 is 27.6. The van der Waals surface area contributed by atoms with Gasteiger partial charge in [-0.3, -0.25) is 19.2 Å². The zero-order valence-electron chi connectivity index (χ0n) is 32.4. The zero-order valence-corrected chi connectivity index (χ0v) is 33.2. The van der Waals surface area contributed by atoms with Gasteiger partial charge >= 0.3 is 6.03 Å². The van der Waals surface area contributed by atoms with Crippen molar-refractivity contribution in [1.82, 2.24) is 35.5 Å². The Labute approximate surface area is 309 Å². The molecule has 1 unspecified atom stereocenters. The van der Waals surface area contributed by atoms with Crippen molar-refractivity contribution in [2.24, 2.45) is 28.1 Å². The van der Waals surface area contributed by atoms with Crippen LogP contribution in [0.1, 0.15) is 81.6 Å². The number of carbonyl (C=O) groups excluding carboxylic acids is 5. The number of pyridine rings is 1. The first-order valence-corrected chi connectivity index (χ1v) is 19.4. The maximum absolute atomic E-state index is 14.5. The molecule has 14 nitrogen and oxygen atoms in total.